The first-order valence-corrected chi connectivity index (χ1v) is 16.1. The first-order chi connectivity index (χ1) is 20.6. The molecule has 2 atom stereocenters. The summed E-state index contributed by atoms with van der Waals surface area (Å²) < 4.78 is 70.0. The van der Waals surface area contributed by atoms with Crippen LogP contribution >= 0.6 is 23.2 Å². The molecular formula is C31H34Cl2F3N3O4S. The minimum absolute atomic E-state index is 0.155. The van der Waals surface area contributed by atoms with E-state index in [9.17, 15) is 31.2 Å². The first kappa shape index (κ1) is 35.2. The number of hydrogen-bond donors (Lipinski definition) is 1. The van der Waals surface area contributed by atoms with Gasteiger partial charge in [-0.1, -0.05) is 72.9 Å². The summed E-state index contributed by atoms with van der Waals surface area (Å²) in [6.07, 6.45) is -4.10. The fourth-order valence-electron chi connectivity index (χ4n) is 4.42. The lowest BCUT2D eigenvalue weighted by Gasteiger charge is -2.34. The van der Waals surface area contributed by atoms with Crippen LogP contribution in [0.4, 0.5) is 18.9 Å². The van der Waals surface area contributed by atoms with Gasteiger partial charge in [0.1, 0.15) is 12.6 Å². The summed E-state index contributed by atoms with van der Waals surface area (Å²) in [7, 11) is -4.58. The molecule has 0 unspecified atom stereocenters. The van der Waals surface area contributed by atoms with Crippen molar-refractivity contribution in [3.8, 4) is 0 Å². The molecule has 0 aliphatic heterocycles. The highest BCUT2D eigenvalue weighted by Gasteiger charge is 2.37. The minimum Gasteiger partial charge on any atom is -0.352 e. The van der Waals surface area contributed by atoms with Crippen molar-refractivity contribution in [3.05, 3.63) is 93.5 Å². The number of anilines is 1. The molecule has 44 heavy (non-hydrogen) atoms. The lowest BCUT2D eigenvalue weighted by Crippen LogP contribution is -2.53. The zero-order valence-corrected chi connectivity index (χ0v) is 27.0. The quantitative estimate of drug-likeness (QED) is 0.220. The van der Waals surface area contributed by atoms with E-state index in [4.69, 9.17) is 23.2 Å². The molecule has 3 aromatic carbocycles. The van der Waals surface area contributed by atoms with E-state index in [1.165, 1.54) is 29.2 Å². The van der Waals surface area contributed by atoms with Crippen LogP contribution in [0.1, 0.15) is 50.3 Å². The van der Waals surface area contributed by atoms with Crippen LogP contribution < -0.4 is 9.62 Å². The maximum Gasteiger partial charge on any atom is 0.417 e. The fourth-order valence-corrected chi connectivity index (χ4v) is 6.25. The third-order valence-electron chi connectivity index (χ3n) is 7.12. The smallest absolute Gasteiger partial charge is 0.352 e. The molecule has 3 rings (SSSR count). The summed E-state index contributed by atoms with van der Waals surface area (Å²) in [5.74, 6) is -1.28. The molecule has 1 N–H and O–H groups in total. The number of carbonyl (C=O) groups is 2. The molecule has 0 aliphatic rings. The van der Waals surface area contributed by atoms with Gasteiger partial charge in [0.05, 0.1) is 21.2 Å². The van der Waals surface area contributed by atoms with Crippen molar-refractivity contribution in [2.45, 2.75) is 70.2 Å². The number of alkyl halides is 3. The SMILES string of the molecule is CC[C@@H](C)NC(=O)[C@@H](CC)N(Cc1ccccc1Cl)C(=O)CN(c1ccc(Cl)c(C(F)(F)F)c1)S(=O)(=O)c1ccc(C)cc1. The molecule has 0 saturated carbocycles. The predicted molar refractivity (Wildman–Crippen MR) is 166 cm³/mol. The number of halogens is 5. The van der Waals surface area contributed by atoms with Crippen LogP contribution in [0.2, 0.25) is 10.0 Å². The molecule has 0 radical (unpaired) electrons. The zero-order valence-electron chi connectivity index (χ0n) is 24.7. The zero-order chi connectivity index (χ0) is 32.8. The highest BCUT2D eigenvalue weighted by molar-refractivity contribution is 7.92. The van der Waals surface area contributed by atoms with Crippen molar-refractivity contribution >= 4 is 50.7 Å². The topological polar surface area (TPSA) is 86.8 Å². The van der Waals surface area contributed by atoms with Crippen LogP contribution in [0, 0.1) is 6.92 Å². The van der Waals surface area contributed by atoms with Crippen LogP contribution in [0.25, 0.3) is 0 Å². The minimum atomic E-state index is -4.89. The lowest BCUT2D eigenvalue weighted by molar-refractivity contribution is -0.140. The second-order valence-corrected chi connectivity index (χ2v) is 13.0. The molecule has 0 heterocycles. The largest absolute Gasteiger partial charge is 0.417 e. The number of rotatable bonds is 12. The van der Waals surface area contributed by atoms with Crippen LogP contribution in [0.3, 0.4) is 0 Å². The number of nitrogens with one attached hydrogen (secondary N) is 1. The molecule has 3 aromatic rings. The van der Waals surface area contributed by atoms with Gasteiger partial charge in [0, 0.05) is 17.6 Å². The molecule has 0 saturated heterocycles. The van der Waals surface area contributed by atoms with Gasteiger partial charge < -0.3 is 10.2 Å². The molecule has 238 valence electrons. The molecule has 0 fully saturated rings. The van der Waals surface area contributed by atoms with Gasteiger partial charge in [0.15, 0.2) is 0 Å². The predicted octanol–water partition coefficient (Wildman–Crippen LogP) is 7.24. The fraction of sp³-hybridized carbons (Fsp3) is 0.355. The van der Waals surface area contributed by atoms with E-state index in [1.807, 2.05) is 6.92 Å². The third-order valence-corrected chi connectivity index (χ3v) is 9.60. The highest BCUT2D eigenvalue weighted by Crippen LogP contribution is 2.38. The Labute approximate surface area is 266 Å². The normalized spacial score (nSPS) is 13.2. The summed E-state index contributed by atoms with van der Waals surface area (Å²) in [5, 5.41) is 2.54. The Morgan fingerprint density at radius 2 is 1.57 bits per heavy atom. The highest BCUT2D eigenvalue weighted by atomic mass is 35.5. The van der Waals surface area contributed by atoms with Gasteiger partial charge in [-0.15, -0.1) is 0 Å². The van der Waals surface area contributed by atoms with E-state index < -0.39 is 56.9 Å². The van der Waals surface area contributed by atoms with Gasteiger partial charge in [-0.05, 0) is 68.7 Å². The van der Waals surface area contributed by atoms with Gasteiger partial charge in [0.25, 0.3) is 10.0 Å². The van der Waals surface area contributed by atoms with Gasteiger partial charge in [-0.2, -0.15) is 13.2 Å². The van der Waals surface area contributed by atoms with Crippen LogP contribution in [-0.2, 0) is 32.3 Å². The molecule has 0 aliphatic carbocycles. The van der Waals surface area contributed by atoms with Gasteiger partial charge in [0.2, 0.25) is 11.8 Å². The first-order valence-electron chi connectivity index (χ1n) is 13.9. The summed E-state index contributed by atoms with van der Waals surface area (Å²) in [6.45, 7) is 6.06. The number of benzene rings is 3. The van der Waals surface area contributed by atoms with E-state index in [2.05, 4.69) is 5.32 Å². The summed E-state index contributed by atoms with van der Waals surface area (Å²) in [5.41, 5.74) is -0.441. The Bertz CT molecular complexity index is 1580. The average molecular weight is 673 g/mol. The van der Waals surface area contributed by atoms with Crippen molar-refractivity contribution in [1.82, 2.24) is 10.2 Å². The summed E-state index contributed by atoms with van der Waals surface area (Å²) in [4.78, 5) is 28.5. The monoisotopic (exact) mass is 671 g/mol. The molecule has 0 aromatic heterocycles. The number of amides is 2. The Hall–Kier alpha value is -3.28. The standard InChI is InChI=1S/C31H34Cl2F3N3O4S/c1-5-21(4)37-30(41)28(6-2)38(18-22-9-7-8-10-26(22)32)29(40)19-39(44(42,43)24-14-11-20(3)12-15-24)23-13-16-27(33)25(17-23)31(34,35)36/h7-17,21,28H,5-6,18-19H2,1-4H3,(H,37,41)/t21-,28-/m1/s1. The number of aryl methyl sites for hydroxylation is 1. The van der Waals surface area contributed by atoms with E-state index in [-0.39, 0.29) is 23.9 Å². The van der Waals surface area contributed by atoms with Crippen LogP contribution in [0.5, 0.6) is 0 Å². The Kier molecular flexibility index (Phi) is 11.7. The Morgan fingerprint density at radius 3 is 2.14 bits per heavy atom. The second kappa shape index (κ2) is 14.7. The van der Waals surface area contributed by atoms with E-state index in [0.717, 1.165) is 17.7 Å². The molecule has 7 nitrogen and oxygen atoms in total. The number of nitrogens with zero attached hydrogens (tertiary/aromatic N) is 2. The molecule has 0 bridgehead atoms. The Balaban J connectivity index is 2.16. The molecular weight excluding hydrogens is 638 g/mol. The summed E-state index contributed by atoms with van der Waals surface area (Å²) >= 11 is 12.2. The number of sulfonamides is 1. The third kappa shape index (κ3) is 8.46. The Morgan fingerprint density at radius 1 is 0.932 bits per heavy atom. The van der Waals surface area contributed by atoms with E-state index in [1.54, 1.807) is 45.0 Å². The average Bonchev–Trinajstić information content (AvgIpc) is 2.96. The molecule has 0 spiro atoms. The van der Waals surface area contributed by atoms with Crippen molar-refractivity contribution in [2.75, 3.05) is 10.8 Å². The van der Waals surface area contributed by atoms with E-state index >= 15 is 0 Å². The maximum absolute atomic E-state index is 14.1. The molecule has 2 amide bonds. The van der Waals surface area contributed by atoms with Crippen molar-refractivity contribution in [2.24, 2.45) is 0 Å². The number of carbonyl (C=O) groups excluding carboxylic acids is 2. The van der Waals surface area contributed by atoms with Crippen molar-refractivity contribution < 1.29 is 31.2 Å². The lowest BCUT2D eigenvalue weighted by atomic mass is 10.1. The number of hydrogen-bond acceptors (Lipinski definition) is 4. The van der Waals surface area contributed by atoms with Gasteiger partial charge in [-0.3, -0.25) is 13.9 Å². The van der Waals surface area contributed by atoms with Gasteiger partial charge in [-0.25, -0.2) is 8.42 Å². The van der Waals surface area contributed by atoms with E-state index in [0.29, 0.717) is 27.4 Å². The van der Waals surface area contributed by atoms with Crippen molar-refractivity contribution in [1.29, 1.82) is 0 Å². The van der Waals surface area contributed by atoms with Crippen LogP contribution in [0.15, 0.2) is 71.6 Å². The second-order valence-electron chi connectivity index (χ2n) is 10.3. The van der Waals surface area contributed by atoms with Gasteiger partial charge >= 0.3 is 6.18 Å². The van der Waals surface area contributed by atoms with Crippen LogP contribution in [-0.4, -0.2) is 43.8 Å². The summed E-state index contributed by atoms with van der Waals surface area (Å²) in [6, 6.07) is 13.7. The maximum atomic E-state index is 14.1. The van der Waals surface area contributed by atoms with Crippen molar-refractivity contribution in [3.63, 3.8) is 0 Å². The molecule has 13 heteroatoms.